The van der Waals surface area contributed by atoms with Crippen LogP contribution < -0.4 is 0 Å². The minimum Gasteiger partial charge on any atom is -0.309 e. The maximum Gasteiger partial charge on any atom is 0.0714 e. The van der Waals surface area contributed by atoms with Crippen molar-refractivity contribution in [1.82, 2.24) is 4.57 Å². The fraction of sp³-hybridized carbons (Fsp3) is 0.0312. The molecule has 0 bridgehead atoms. The van der Waals surface area contributed by atoms with E-state index in [4.69, 9.17) is 0 Å². The van der Waals surface area contributed by atoms with Gasteiger partial charge in [-0.25, -0.2) is 0 Å². The highest BCUT2D eigenvalue weighted by Crippen LogP contribution is 2.58. The summed E-state index contributed by atoms with van der Waals surface area (Å²) in [7, 11) is 0. The average Bonchev–Trinajstić information content (AvgIpc) is 3.88. The van der Waals surface area contributed by atoms with Gasteiger partial charge < -0.3 is 4.57 Å². The van der Waals surface area contributed by atoms with Crippen LogP contribution in [0.15, 0.2) is 255 Å². The van der Waals surface area contributed by atoms with Crippen LogP contribution in [-0.2, 0) is 11.8 Å². The first-order chi connectivity index (χ1) is 32.2. The molecule has 10 aromatic carbocycles. The van der Waals surface area contributed by atoms with Gasteiger partial charge in [-0.15, -0.1) is 0 Å². The van der Waals surface area contributed by atoms with E-state index in [0.29, 0.717) is 0 Å². The number of aromatic nitrogens is 1. The first-order valence-electron chi connectivity index (χ1n) is 22.6. The van der Waals surface area contributed by atoms with Gasteiger partial charge in [0.2, 0.25) is 0 Å². The van der Waals surface area contributed by atoms with Crippen molar-refractivity contribution < 1.29 is 0 Å². The van der Waals surface area contributed by atoms with Gasteiger partial charge in [0.05, 0.1) is 22.1 Å². The van der Waals surface area contributed by atoms with E-state index in [1.807, 2.05) is 0 Å². The Bertz CT molecular complexity index is 3410. The van der Waals surface area contributed by atoms with Crippen molar-refractivity contribution in [3.8, 4) is 39.1 Å². The molecule has 0 N–H and O–H groups in total. The number of fused-ring (bicyclic) bond motifs is 6. The summed E-state index contributed by atoms with van der Waals surface area (Å²) in [5.41, 5.74) is 20.6. The molecule has 65 heavy (non-hydrogen) atoms. The van der Waals surface area contributed by atoms with Gasteiger partial charge >= 0.3 is 0 Å². The van der Waals surface area contributed by atoms with Crippen LogP contribution in [0.1, 0.15) is 38.9 Å². The lowest BCUT2D eigenvalue weighted by Gasteiger charge is -2.34. The molecule has 1 aromatic heterocycles. The van der Waals surface area contributed by atoms with Crippen molar-refractivity contribution in [2.45, 2.75) is 11.8 Å². The lowest BCUT2D eigenvalue weighted by molar-refractivity contribution is 0.766. The average molecular weight is 828 g/mol. The monoisotopic (exact) mass is 827 g/mol. The van der Waals surface area contributed by atoms with E-state index in [0.717, 1.165) is 6.42 Å². The zero-order valence-electron chi connectivity index (χ0n) is 36.0. The van der Waals surface area contributed by atoms with Crippen molar-refractivity contribution in [1.29, 1.82) is 0 Å². The molecule has 12 rings (SSSR count). The first-order valence-corrected chi connectivity index (χ1v) is 22.6. The lowest BCUT2D eigenvalue weighted by atomic mass is 9.67. The predicted octanol–water partition coefficient (Wildman–Crippen LogP) is 16.3. The van der Waals surface area contributed by atoms with Gasteiger partial charge in [-0.1, -0.05) is 243 Å². The molecular formula is C64H45N. The van der Waals surface area contributed by atoms with Gasteiger partial charge in [0.25, 0.3) is 0 Å². The van der Waals surface area contributed by atoms with Crippen molar-refractivity contribution in [3.05, 3.63) is 294 Å². The number of benzene rings is 10. The van der Waals surface area contributed by atoms with Crippen LogP contribution in [0.5, 0.6) is 0 Å². The molecule has 1 nitrogen and oxygen atoms in total. The second-order valence-electron chi connectivity index (χ2n) is 17.2. The van der Waals surface area contributed by atoms with E-state index in [1.165, 1.54) is 105 Å². The Kier molecular flexibility index (Phi) is 9.54. The maximum absolute atomic E-state index is 2.52. The molecule has 0 atom stereocenters. The van der Waals surface area contributed by atoms with Crippen LogP contribution >= 0.6 is 0 Å². The number of rotatable bonds is 9. The van der Waals surface area contributed by atoms with Crippen molar-refractivity contribution in [2.75, 3.05) is 0 Å². The third-order valence-corrected chi connectivity index (χ3v) is 13.6. The maximum atomic E-state index is 2.52. The second-order valence-corrected chi connectivity index (χ2v) is 17.2. The number of nitrogens with zero attached hydrogens (tertiary/aromatic N) is 1. The van der Waals surface area contributed by atoms with Crippen LogP contribution in [-0.4, -0.2) is 4.57 Å². The van der Waals surface area contributed by atoms with Crippen molar-refractivity contribution >= 4 is 33.5 Å². The first kappa shape index (κ1) is 38.4. The molecule has 1 aliphatic carbocycles. The highest BCUT2D eigenvalue weighted by Gasteiger charge is 2.47. The van der Waals surface area contributed by atoms with E-state index in [-0.39, 0.29) is 0 Å². The normalized spacial score (nSPS) is 12.9. The van der Waals surface area contributed by atoms with E-state index in [2.05, 4.69) is 265 Å². The van der Waals surface area contributed by atoms with Crippen LogP contribution in [0, 0.1) is 0 Å². The molecule has 0 unspecified atom stereocenters. The Morgan fingerprint density at radius 3 is 1.48 bits per heavy atom. The van der Waals surface area contributed by atoms with Crippen LogP contribution in [0.3, 0.4) is 0 Å². The molecule has 0 aliphatic heterocycles. The quantitative estimate of drug-likeness (QED) is 0.128. The molecule has 1 heteroatoms. The molecule has 0 fully saturated rings. The van der Waals surface area contributed by atoms with Crippen LogP contribution in [0.25, 0.3) is 72.5 Å². The fourth-order valence-electron chi connectivity index (χ4n) is 10.6. The summed E-state index contributed by atoms with van der Waals surface area (Å²) >= 11 is 0. The molecule has 1 heterocycles. The predicted molar refractivity (Wildman–Crippen MR) is 273 cm³/mol. The molecule has 0 saturated heterocycles. The van der Waals surface area contributed by atoms with E-state index in [1.54, 1.807) is 0 Å². The Hall–Kier alpha value is -8.26. The molecular weight excluding hydrogens is 783 g/mol. The second kappa shape index (κ2) is 16.1. The minimum atomic E-state index is -0.557. The minimum absolute atomic E-state index is 0.557. The van der Waals surface area contributed by atoms with E-state index < -0.39 is 5.41 Å². The Labute approximate surface area is 380 Å². The molecule has 0 spiro atoms. The summed E-state index contributed by atoms with van der Waals surface area (Å²) in [5.74, 6) is 0. The fourth-order valence-corrected chi connectivity index (χ4v) is 10.6. The molecule has 0 amide bonds. The SMILES string of the molecule is C(=C(\Cc1ccc2c(c1)C(c1ccccc1)(c1ccccc1)c1cccc(-n3c4ccccc4c4ccccc43)c1-2)c1ccc(-c2ccc(-c3ccccc3)cc2)cc1)/c1ccccc1. The van der Waals surface area contributed by atoms with Gasteiger partial charge in [0.15, 0.2) is 0 Å². The van der Waals surface area contributed by atoms with E-state index in [9.17, 15) is 0 Å². The summed E-state index contributed by atoms with van der Waals surface area (Å²) in [5, 5.41) is 2.52. The van der Waals surface area contributed by atoms with Crippen LogP contribution in [0.4, 0.5) is 0 Å². The summed E-state index contributed by atoms with van der Waals surface area (Å²) in [6, 6.07) is 93.7. The highest BCUT2D eigenvalue weighted by molar-refractivity contribution is 6.10. The van der Waals surface area contributed by atoms with E-state index >= 15 is 0 Å². The van der Waals surface area contributed by atoms with Crippen molar-refractivity contribution in [2.24, 2.45) is 0 Å². The third-order valence-electron chi connectivity index (χ3n) is 13.6. The van der Waals surface area contributed by atoms with Gasteiger partial charge in [-0.05, 0) is 97.0 Å². The molecule has 0 radical (unpaired) electrons. The van der Waals surface area contributed by atoms with Crippen LogP contribution in [0.2, 0.25) is 0 Å². The Morgan fingerprint density at radius 2 is 0.892 bits per heavy atom. The number of para-hydroxylation sites is 2. The molecule has 306 valence electrons. The smallest absolute Gasteiger partial charge is 0.0714 e. The topological polar surface area (TPSA) is 4.93 Å². The van der Waals surface area contributed by atoms with Crippen molar-refractivity contribution in [3.63, 3.8) is 0 Å². The van der Waals surface area contributed by atoms with Gasteiger partial charge in [0, 0.05) is 16.3 Å². The summed E-state index contributed by atoms with van der Waals surface area (Å²) in [6.45, 7) is 0. The lowest BCUT2D eigenvalue weighted by Crippen LogP contribution is -2.28. The summed E-state index contributed by atoms with van der Waals surface area (Å²) in [4.78, 5) is 0. The molecule has 0 saturated carbocycles. The standard InChI is InChI=1S/C64H45N/c1-5-18-45(19-6-1)42-52(51-39-37-50(38-40-51)49-35-33-48(34-36-49)47-20-7-2-8-21-47)43-46-32-41-57-59(44-46)64(53-22-9-3-10-23-53,54-24-11-4-12-25-54)58-28-17-31-62(63(57)58)65-60-29-15-13-26-55(60)56-27-14-16-30-61(56)65/h1-42,44H,43H2/b52-42-. The van der Waals surface area contributed by atoms with Gasteiger partial charge in [0.1, 0.15) is 0 Å². The zero-order chi connectivity index (χ0) is 43.2. The number of allylic oxidation sites excluding steroid dienone is 1. The summed E-state index contributed by atoms with van der Waals surface area (Å²) < 4.78 is 2.50. The molecule has 11 aromatic rings. The number of hydrogen-bond donors (Lipinski definition) is 0. The largest absolute Gasteiger partial charge is 0.309 e. The zero-order valence-corrected chi connectivity index (χ0v) is 36.0. The van der Waals surface area contributed by atoms with Gasteiger partial charge in [-0.3, -0.25) is 0 Å². The Balaban J connectivity index is 1.02. The Morgan fingerprint density at radius 1 is 0.400 bits per heavy atom. The van der Waals surface area contributed by atoms with Gasteiger partial charge in [-0.2, -0.15) is 0 Å². The molecule has 1 aliphatic rings. The summed E-state index contributed by atoms with van der Waals surface area (Å²) in [6.07, 6.45) is 3.14. The number of hydrogen-bond acceptors (Lipinski definition) is 0. The highest BCUT2D eigenvalue weighted by atomic mass is 15.0. The third kappa shape index (κ3) is 6.55.